The highest BCUT2D eigenvalue weighted by atomic mass is 32.1. The number of amides is 1. The molecule has 1 aliphatic heterocycles. The summed E-state index contributed by atoms with van der Waals surface area (Å²) < 4.78 is 0. The normalized spacial score (nSPS) is 19.4. The fraction of sp³-hybridized carbons (Fsp3) is 0.688. The molecule has 1 aromatic heterocycles. The first-order valence-corrected chi connectivity index (χ1v) is 8.59. The lowest BCUT2D eigenvalue weighted by atomic mass is 10.1. The van der Waals surface area contributed by atoms with Crippen LogP contribution in [0.4, 0.5) is 0 Å². The zero-order valence-electron chi connectivity index (χ0n) is 13.6. The Labute approximate surface area is 132 Å². The quantitative estimate of drug-likeness (QED) is 0.927. The van der Waals surface area contributed by atoms with E-state index in [-0.39, 0.29) is 11.4 Å². The first kappa shape index (κ1) is 16.5. The van der Waals surface area contributed by atoms with Crippen LogP contribution < -0.4 is 5.32 Å². The van der Waals surface area contributed by atoms with E-state index in [1.54, 1.807) is 11.3 Å². The lowest BCUT2D eigenvalue weighted by Crippen LogP contribution is -2.52. The maximum atomic E-state index is 12.0. The molecule has 118 valence electrons. The van der Waals surface area contributed by atoms with Gasteiger partial charge < -0.3 is 5.32 Å². The van der Waals surface area contributed by atoms with Crippen LogP contribution in [0, 0.1) is 0 Å². The van der Waals surface area contributed by atoms with Crippen LogP contribution in [0.25, 0.3) is 0 Å². The van der Waals surface area contributed by atoms with Gasteiger partial charge in [-0.15, -0.1) is 0 Å². The molecule has 1 saturated heterocycles. The summed E-state index contributed by atoms with van der Waals surface area (Å²) in [4.78, 5) is 16.7. The van der Waals surface area contributed by atoms with Gasteiger partial charge in [-0.05, 0) is 50.1 Å². The molecular weight excluding hydrogens is 282 g/mol. The third kappa shape index (κ3) is 5.09. The van der Waals surface area contributed by atoms with Gasteiger partial charge in [-0.2, -0.15) is 11.3 Å². The van der Waals surface area contributed by atoms with Gasteiger partial charge in [0.25, 0.3) is 0 Å². The van der Waals surface area contributed by atoms with Crippen molar-refractivity contribution >= 4 is 17.2 Å². The van der Waals surface area contributed by atoms with E-state index in [0.717, 1.165) is 26.2 Å². The number of carbonyl (C=O) groups excluding carboxylic acids is 1. The molecule has 0 unspecified atom stereocenters. The molecule has 0 bridgehead atoms. The fourth-order valence-electron chi connectivity index (χ4n) is 2.69. The Hall–Kier alpha value is -0.910. The molecule has 5 heteroatoms. The Morgan fingerprint density at radius 3 is 2.52 bits per heavy atom. The Morgan fingerprint density at radius 1 is 1.33 bits per heavy atom. The smallest absolute Gasteiger partial charge is 0.234 e. The Bertz CT molecular complexity index is 445. The summed E-state index contributed by atoms with van der Waals surface area (Å²) >= 11 is 1.76. The maximum absolute atomic E-state index is 12.0. The molecule has 2 heterocycles. The predicted octanol–water partition coefficient (Wildman–Crippen LogP) is 2.34. The summed E-state index contributed by atoms with van der Waals surface area (Å²) in [7, 11) is 0. The van der Waals surface area contributed by atoms with E-state index in [1.165, 1.54) is 5.56 Å². The zero-order chi connectivity index (χ0) is 15.5. The topological polar surface area (TPSA) is 35.6 Å². The van der Waals surface area contributed by atoms with Crippen molar-refractivity contribution in [3.05, 3.63) is 22.4 Å². The molecule has 0 radical (unpaired) electrons. The van der Waals surface area contributed by atoms with Crippen LogP contribution in [0.5, 0.6) is 0 Å². The van der Waals surface area contributed by atoms with Crippen LogP contribution in [0.3, 0.4) is 0 Å². The minimum atomic E-state index is -0.146. The molecular formula is C16H27N3OS. The van der Waals surface area contributed by atoms with Crippen molar-refractivity contribution in [2.75, 3.05) is 32.7 Å². The van der Waals surface area contributed by atoms with E-state index >= 15 is 0 Å². The summed E-state index contributed by atoms with van der Waals surface area (Å²) in [6.45, 7) is 12.8. The van der Waals surface area contributed by atoms with Crippen molar-refractivity contribution in [1.29, 1.82) is 0 Å². The molecule has 1 atom stereocenters. The van der Waals surface area contributed by atoms with Crippen molar-refractivity contribution in [2.45, 2.75) is 39.3 Å². The van der Waals surface area contributed by atoms with Crippen molar-refractivity contribution < 1.29 is 4.79 Å². The minimum absolute atomic E-state index is 0.127. The molecule has 4 nitrogen and oxygen atoms in total. The Morgan fingerprint density at radius 2 is 2.00 bits per heavy atom. The number of carbonyl (C=O) groups is 1. The summed E-state index contributed by atoms with van der Waals surface area (Å²) in [6, 6.07) is 2.68. The number of hydrogen-bond donors (Lipinski definition) is 1. The molecule has 0 aliphatic carbocycles. The van der Waals surface area contributed by atoms with Gasteiger partial charge in [0.1, 0.15) is 0 Å². The second-order valence-electron chi connectivity index (χ2n) is 6.84. The molecule has 1 aromatic rings. The molecule has 0 spiro atoms. The molecule has 1 N–H and O–H groups in total. The van der Waals surface area contributed by atoms with E-state index in [2.05, 4.69) is 38.9 Å². The highest BCUT2D eigenvalue weighted by molar-refractivity contribution is 7.07. The van der Waals surface area contributed by atoms with Crippen LogP contribution in [-0.4, -0.2) is 54.0 Å². The number of piperazine rings is 1. The first-order chi connectivity index (χ1) is 9.85. The van der Waals surface area contributed by atoms with Gasteiger partial charge >= 0.3 is 0 Å². The molecule has 1 fully saturated rings. The Balaban J connectivity index is 1.77. The number of nitrogens with zero attached hydrogens (tertiary/aromatic N) is 2. The fourth-order valence-corrected chi connectivity index (χ4v) is 3.44. The molecule has 1 amide bonds. The van der Waals surface area contributed by atoms with Gasteiger partial charge in [-0.25, -0.2) is 0 Å². The van der Waals surface area contributed by atoms with Crippen LogP contribution in [0.15, 0.2) is 16.8 Å². The summed E-state index contributed by atoms with van der Waals surface area (Å²) in [5, 5.41) is 7.40. The molecule has 0 aromatic carbocycles. The zero-order valence-corrected chi connectivity index (χ0v) is 14.4. The highest BCUT2D eigenvalue weighted by Crippen LogP contribution is 2.23. The standard InChI is InChI=1S/C16H27N3OS/c1-13(14-5-10-21-12-14)19-8-6-18(7-9-19)11-15(20)17-16(2,3)4/h5,10,12-13H,6-9,11H2,1-4H3,(H,17,20)/t13-/m0/s1. The van der Waals surface area contributed by atoms with Gasteiger partial charge in [0, 0.05) is 37.8 Å². The number of thiophene rings is 1. The summed E-state index contributed by atoms with van der Waals surface area (Å²) in [5.41, 5.74) is 1.26. The summed E-state index contributed by atoms with van der Waals surface area (Å²) in [6.07, 6.45) is 0. The van der Waals surface area contributed by atoms with Crippen LogP contribution in [-0.2, 0) is 4.79 Å². The number of rotatable bonds is 4. The van der Waals surface area contributed by atoms with Crippen LogP contribution in [0.1, 0.15) is 39.3 Å². The average Bonchev–Trinajstić information content (AvgIpc) is 2.90. The lowest BCUT2D eigenvalue weighted by Gasteiger charge is -2.38. The second-order valence-corrected chi connectivity index (χ2v) is 7.62. The average molecular weight is 309 g/mol. The van der Waals surface area contributed by atoms with Crippen molar-refractivity contribution in [2.24, 2.45) is 0 Å². The van der Waals surface area contributed by atoms with Crippen LogP contribution >= 0.6 is 11.3 Å². The van der Waals surface area contributed by atoms with E-state index < -0.39 is 0 Å². The number of hydrogen-bond acceptors (Lipinski definition) is 4. The third-order valence-electron chi connectivity index (χ3n) is 3.86. The monoisotopic (exact) mass is 309 g/mol. The Kier molecular flexibility index (Phi) is 5.41. The molecule has 0 saturated carbocycles. The lowest BCUT2D eigenvalue weighted by molar-refractivity contribution is -0.124. The largest absolute Gasteiger partial charge is 0.350 e. The van der Waals surface area contributed by atoms with Gasteiger partial charge in [-0.3, -0.25) is 14.6 Å². The van der Waals surface area contributed by atoms with Crippen molar-refractivity contribution in [1.82, 2.24) is 15.1 Å². The van der Waals surface area contributed by atoms with Gasteiger partial charge in [0.2, 0.25) is 5.91 Å². The van der Waals surface area contributed by atoms with E-state index in [0.29, 0.717) is 12.6 Å². The van der Waals surface area contributed by atoms with Gasteiger partial charge in [0.15, 0.2) is 0 Å². The van der Waals surface area contributed by atoms with E-state index in [4.69, 9.17) is 0 Å². The van der Waals surface area contributed by atoms with Crippen LogP contribution in [0.2, 0.25) is 0 Å². The van der Waals surface area contributed by atoms with Gasteiger partial charge in [-0.1, -0.05) is 0 Å². The minimum Gasteiger partial charge on any atom is -0.350 e. The van der Waals surface area contributed by atoms with Crippen molar-refractivity contribution in [3.63, 3.8) is 0 Å². The molecule has 1 aliphatic rings. The van der Waals surface area contributed by atoms with Crippen molar-refractivity contribution in [3.8, 4) is 0 Å². The maximum Gasteiger partial charge on any atom is 0.234 e. The van der Waals surface area contributed by atoms with E-state index in [1.807, 2.05) is 20.8 Å². The summed E-state index contributed by atoms with van der Waals surface area (Å²) in [5.74, 6) is 0.127. The first-order valence-electron chi connectivity index (χ1n) is 7.65. The highest BCUT2D eigenvalue weighted by Gasteiger charge is 2.24. The molecule has 2 rings (SSSR count). The van der Waals surface area contributed by atoms with E-state index in [9.17, 15) is 4.79 Å². The van der Waals surface area contributed by atoms with Gasteiger partial charge in [0.05, 0.1) is 6.54 Å². The SMILES string of the molecule is C[C@@H](c1ccsc1)N1CCN(CC(=O)NC(C)(C)C)CC1. The number of nitrogens with one attached hydrogen (secondary N) is 1. The molecule has 21 heavy (non-hydrogen) atoms. The third-order valence-corrected chi connectivity index (χ3v) is 4.56. The predicted molar refractivity (Wildman–Crippen MR) is 88.6 cm³/mol. The second kappa shape index (κ2) is 6.90.